The van der Waals surface area contributed by atoms with Crippen molar-refractivity contribution >= 4 is 6.47 Å². The molecule has 3 nitrogen and oxygen atoms in total. The van der Waals surface area contributed by atoms with Gasteiger partial charge in [0.1, 0.15) is 0 Å². The maximum atomic E-state index is 9.71. The molecule has 0 aromatic carbocycles. The summed E-state index contributed by atoms with van der Waals surface area (Å²) in [4.78, 5) is 14.0. The monoisotopic (exact) mass is 170 g/mol. The summed E-state index contributed by atoms with van der Waals surface area (Å²) in [5.41, 5.74) is 3.58. The van der Waals surface area contributed by atoms with Gasteiger partial charge in [-0.3, -0.25) is 4.79 Å². The van der Waals surface area contributed by atoms with Gasteiger partial charge in [-0.15, -0.1) is 0 Å². The van der Waals surface area contributed by atoms with Crippen molar-refractivity contribution in [1.82, 2.24) is 5.48 Å². The van der Waals surface area contributed by atoms with Gasteiger partial charge in [0.25, 0.3) is 0 Å². The van der Waals surface area contributed by atoms with Gasteiger partial charge >= 0.3 is 6.47 Å². The second kappa shape index (κ2) is 6.00. The topological polar surface area (TPSA) is 40.4 Å². The highest BCUT2D eigenvalue weighted by Gasteiger charge is 2.13. The maximum absolute atomic E-state index is 9.71. The Bertz CT molecular complexity index is 122. The van der Waals surface area contributed by atoms with Crippen LogP contribution in [-0.4, -0.2) is 13.0 Å². The van der Waals surface area contributed by atoms with E-state index in [1.165, 1.54) is 32.1 Å². The minimum atomic E-state index is 0.371. The molecular formula is C9H16NO2. The molecule has 0 atom stereocenters. The normalized spacial score (nSPS) is 18.0. The Morgan fingerprint density at radius 2 is 2.17 bits per heavy atom. The summed E-state index contributed by atoms with van der Waals surface area (Å²) >= 11 is 0. The third-order valence-electron chi connectivity index (χ3n) is 2.45. The highest BCUT2D eigenvalue weighted by molar-refractivity contribution is 5.36. The smallest absolute Gasteiger partial charge is 0.314 e. The van der Waals surface area contributed by atoms with Crippen LogP contribution in [0.5, 0.6) is 0 Å². The molecule has 12 heavy (non-hydrogen) atoms. The van der Waals surface area contributed by atoms with Gasteiger partial charge in [0.2, 0.25) is 0 Å². The Labute approximate surface area is 73.4 Å². The van der Waals surface area contributed by atoms with Gasteiger partial charge in [0, 0.05) is 0 Å². The summed E-state index contributed by atoms with van der Waals surface area (Å²) in [5, 5.41) is 0. The van der Waals surface area contributed by atoms with E-state index in [-0.39, 0.29) is 0 Å². The van der Waals surface area contributed by atoms with Crippen LogP contribution >= 0.6 is 0 Å². The van der Waals surface area contributed by atoms with Crippen LogP contribution in [0.4, 0.5) is 0 Å². The number of nitrogens with zero attached hydrogens (tertiary/aromatic N) is 1. The van der Waals surface area contributed by atoms with E-state index in [0.717, 1.165) is 12.3 Å². The van der Waals surface area contributed by atoms with Gasteiger partial charge in [0.15, 0.2) is 0 Å². The van der Waals surface area contributed by atoms with Gasteiger partial charge in [-0.2, -0.15) is 0 Å². The first-order chi connectivity index (χ1) is 5.93. The highest BCUT2D eigenvalue weighted by Crippen LogP contribution is 2.28. The summed E-state index contributed by atoms with van der Waals surface area (Å²) in [5.74, 6) is 0.913. The van der Waals surface area contributed by atoms with E-state index in [9.17, 15) is 4.79 Å². The number of carbonyl (C=O) groups is 1. The number of hydroxylamine groups is 1. The Kier molecular flexibility index (Phi) is 4.76. The molecule has 0 saturated heterocycles. The molecule has 0 aromatic heterocycles. The molecule has 3 heteroatoms. The van der Waals surface area contributed by atoms with Crippen LogP contribution in [0, 0.1) is 5.92 Å². The third-order valence-corrected chi connectivity index (χ3v) is 2.45. The van der Waals surface area contributed by atoms with Gasteiger partial charge in [-0.25, -0.2) is 0 Å². The summed E-state index contributed by atoms with van der Waals surface area (Å²) in [6, 6.07) is 0. The van der Waals surface area contributed by atoms with Gasteiger partial charge in [-0.1, -0.05) is 25.7 Å². The van der Waals surface area contributed by atoms with Gasteiger partial charge < -0.3 is 4.84 Å². The van der Waals surface area contributed by atoms with E-state index >= 15 is 0 Å². The average molecular weight is 170 g/mol. The fourth-order valence-corrected chi connectivity index (χ4v) is 1.83. The number of hydrogen-bond acceptors (Lipinski definition) is 2. The van der Waals surface area contributed by atoms with Crippen molar-refractivity contribution in [2.24, 2.45) is 5.92 Å². The molecule has 1 aliphatic carbocycles. The largest absolute Gasteiger partial charge is 0.353 e. The van der Waals surface area contributed by atoms with Crippen LogP contribution in [0.3, 0.4) is 0 Å². The summed E-state index contributed by atoms with van der Waals surface area (Å²) in [7, 11) is 0. The Balaban J connectivity index is 1.84. The van der Waals surface area contributed by atoms with Crippen LogP contribution in [0.15, 0.2) is 0 Å². The molecule has 0 bridgehead atoms. The molecule has 1 saturated carbocycles. The molecule has 0 N–H and O–H groups in total. The van der Waals surface area contributed by atoms with Gasteiger partial charge in [-0.05, 0) is 24.2 Å². The van der Waals surface area contributed by atoms with Crippen molar-refractivity contribution in [3.63, 3.8) is 0 Å². The molecule has 1 rings (SSSR count). The lowest BCUT2D eigenvalue weighted by molar-refractivity contribution is -0.136. The van der Waals surface area contributed by atoms with Crippen molar-refractivity contribution < 1.29 is 9.63 Å². The zero-order valence-electron chi connectivity index (χ0n) is 7.37. The molecule has 0 unspecified atom stereocenters. The standard InChI is InChI=1S/C9H16NO2/c11-8-12-10-7-3-6-9-4-1-2-5-9/h8-9H,1-7H2. The SMILES string of the molecule is O=CO[N]CCCC1CCCC1. The molecule has 0 heterocycles. The first-order valence-electron chi connectivity index (χ1n) is 4.69. The first-order valence-corrected chi connectivity index (χ1v) is 4.69. The maximum Gasteiger partial charge on any atom is 0.314 e. The second-order valence-corrected chi connectivity index (χ2v) is 3.35. The van der Waals surface area contributed by atoms with Crippen LogP contribution in [0.2, 0.25) is 0 Å². The molecule has 0 aromatic rings. The number of carbonyl (C=O) groups excluding carboxylic acids is 1. The van der Waals surface area contributed by atoms with Crippen molar-refractivity contribution in [3.05, 3.63) is 0 Å². The van der Waals surface area contributed by atoms with Crippen LogP contribution in [0.1, 0.15) is 38.5 Å². The van der Waals surface area contributed by atoms with Crippen molar-refractivity contribution in [2.75, 3.05) is 6.54 Å². The minimum Gasteiger partial charge on any atom is -0.353 e. The molecule has 0 spiro atoms. The fraction of sp³-hybridized carbons (Fsp3) is 0.889. The number of rotatable bonds is 6. The highest BCUT2D eigenvalue weighted by atomic mass is 16.7. The lowest BCUT2D eigenvalue weighted by atomic mass is 10.0. The van der Waals surface area contributed by atoms with Crippen molar-refractivity contribution in [2.45, 2.75) is 38.5 Å². The molecule has 1 radical (unpaired) electrons. The molecule has 69 valence electrons. The molecule has 1 aliphatic rings. The van der Waals surface area contributed by atoms with E-state index in [2.05, 4.69) is 10.3 Å². The predicted octanol–water partition coefficient (Wildman–Crippen LogP) is 1.65. The Morgan fingerprint density at radius 1 is 1.42 bits per heavy atom. The zero-order chi connectivity index (χ0) is 8.65. The predicted molar refractivity (Wildman–Crippen MR) is 45.3 cm³/mol. The summed E-state index contributed by atoms with van der Waals surface area (Å²) in [6.45, 7) is 1.03. The molecule has 1 fully saturated rings. The zero-order valence-corrected chi connectivity index (χ0v) is 7.37. The third kappa shape index (κ3) is 3.72. The molecule has 0 aliphatic heterocycles. The Morgan fingerprint density at radius 3 is 2.83 bits per heavy atom. The van der Waals surface area contributed by atoms with E-state index < -0.39 is 0 Å². The molecular weight excluding hydrogens is 154 g/mol. The summed E-state index contributed by atoms with van der Waals surface area (Å²) < 4.78 is 0. The van der Waals surface area contributed by atoms with E-state index in [4.69, 9.17) is 0 Å². The second-order valence-electron chi connectivity index (χ2n) is 3.35. The lowest BCUT2D eigenvalue weighted by Gasteiger charge is -2.06. The first kappa shape index (κ1) is 9.52. The van der Waals surface area contributed by atoms with E-state index in [1.807, 2.05) is 0 Å². The summed E-state index contributed by atoms with van der Waals surface area (Å²) in [6.07, 6.45) is 7.85. The Hall–Kier alpha value is -0.570. The van der Waals surface area contributed by atoms with Crippen LogP contribution in [0.25, 0.3) is 0 Å². The quantitative estimate of drug-likeness (QED) is 0.345. The van der Waals surface area contributed by atoms with Crippen LogP contribution in [-0.2, 0) is 9.63 Å². The lowest BCUT2D eigenvalue weighted by Crippen LogP contribution is -2.07. The molecule has 0 amide bonds. The van der Waals surface area contributed by atoms with E-state index in [0.29, 0.717) is 13.0 Å². The van der Waals surface area contributed by atoms with E-state index in [1.54, 1.807) is 0 Å². The fourth-order valence-electron chi connectivity index (χ4n) is 1.83. The average Bonchev–Trinajstić information content (AvgIpc) is 2.57. The number of hydrogen-bond donors (Lipinski definition) is 0. The van der Waals surface area contributed by atoms with Crippen LogP contribution < -0.4 is 5.48 Å². The van der Waals surface area contributed by atoms with Crippen molar-refractivity contribution in [3.8, 4) is 0 Å². The van der Waals surface area contributed by atoms with Gasteiger partial charge in [0.05, 0.1) is 6.54 Å². The minimum absolute atomic E-state index is 0.371. The van der Waals surface area contributed by atoms with Crippen molar-refractivity contribution in [1.29, 1.82) is 0 Å².